The molecule has 1 fully saturated rings. The number of hydrogen-bond acceptors (Lipinski definition) is 5. The maximum Gasteiger partial charge on any atom is 0.282 e. The van der Waals surface area contributed by atoms with E-state index in [-0.39, 0.29) is 11.0 Å². The number of benzene rings is 2. The van der Waals surface area contributed by atoms with Crippen molar-refractivity contribution in [3.8, 4) is 0 Å². The molecule has 0 atom stereocenters. The Morgan fingerprint density at radius 3 is 2.55 bits per heavy atom. The van der Waals surface area contributed by atoms with E-state index in [9.17, 15) is 4.79 Å². The maximum absolute atomic E-state index is 13.3. The van der Waals surface area contributed by atoms with Crippen LogP contribution in [-0.4, -0.2) is 42.2 Å². The molecule has 0 bridgehead atoms. The van der Waals surface area contributed by atoms with E-state index in [1.807, 2.05) is 32.9 Å². The molecule has 3 aromatic rings. The van der Waals surface area contributed by atoms with Crippen molar-refractivity contribution < 1.29 is 4.74 Å². The van der Waals surface area contributed by atoms with Crippen LogP contribution >= 0.6 is 15.9 Å². The maximum atomic E-state index is 13.3. The molecule has 2 heterocycles. The molecule has 162 valence electrons. The van der Waals surface area contributed by atoms with Crippen molar-refractivity contribution in [1.29, 1.82) is 0 Å². The van der Waals surface area contributed by atoms with E-state index in [1.54, 1.807) is 12.3 Å². The minimum Gasteiger partial charge on any atom is -0.378 e. The van der Waals surface area contributed by atoms with Gasteiger partial charge in [-0.3, -0.25) is 4.79 Å². The second kappa shape index (κ2) is 8.55. The van der Waals surface area contributed by atoms with Crippen molar-refractivity contribution in [3.05, 3.63) is 68.2 Å². The topological polar surface area (TPSA) is 59.7 Å². The summed E-state index contributed by atoms with van der Waals surface area (Å²) in [5, 5.41) is 5.13. The minimum absolute atomic E-state index is 0.171. The zero-order chi connectivity index (χ0) is 22.2. The molecule has 7 heteroatoms. The molecule has 31 heavy (non-hydrogen) atoms. The lowest BCUT2D eigenvalue weighted by molar-refractivity contribution is 0.122. The summed E-state index contributed by atoms with van der Waals surface area (Å²) in [7, 11) is 0. The van der Waals surface area contributed by atoms with Gasteiger partial charge in [0.05, 0.1) is 30.3 Å². The van der Waals surface area contributed by atoms with Gasteiger partial charge in [0, 0.05) is 28.7 Å². The third-order valence-electron chi connectivity index (χ3n) is 5.42. The molecule has 1 aliphatic rings. The number of rotatable bonds is 3. The summed E-state index contributed by atoms with van der Waals surface area (Å²) < 4.78 is 7.72. The van der Waals surface area contributed by atoms with Gasteiger partial charge in [0.1, 0.15) is 5.82 Å². The van der Waals surface area contributed by atoms with Crippen LogP contribution in [0.15, 0.2) is 50.8 Å². The molecule has 1 saturated heterocycles. The number of aromatic nitrogens is 2. The van der Waals surface area contributed by atoms with E-state index in [0.717, 1.165) is 41.9 Å². The molecule has 6 nitrogen and oxygen atoms in total. The Balaban J connectivity index is 1.75. The molecular formula is C24H27BrN4O2. The highest BCUT2D eigenvalue weighted by molar-refractivity contribution is 9.10. The Morgan fingerprint density at radius 1 is 1.13 bits per heavy atom. The molecule has 0 amide bonds. The van der Waals surface area contributed by atoms with Crippen molar-refractivity contribution in [3.63, 3.8) is 0 Å². The first-order valence-electron chi connectivity index (χ1n) is 10.4. The van der Waals surface area contributed by atoms with Gasteiger partial charge < -0.3 is 9.64 Å². The van der Waals surface area contributed by atoms with Crippen LogP contribution < -0.4 is 10.5 Å². The van der Waals surface area contributed by atoms with Gasteiger partial charge in [0.15, 0.2) is 0 Å². The first-order valence-corrected chi connectivity index (χ1v) is 11.2. The van der Waals surface area contributed by atoms with Crippen LogP contribution in [0.1, 0.15) is 37.7 Å². The molecule has 0 radical (unpaired) electrons. The van der Waals surface area contributed by atoms with Gasteiger partial charge in [-0.15, -0.1) is 0 Å². The molecule has 4 rings (SSSR count). The predicted molar refractivity (Wildman–Crippen MR) is 130 cm³/mol. The predicted octanol–water partition coefficient (Wildman–Crippen LogP) is 4.48. The summed E-state index contributed by atoms with van der Waals surface area (Å²) in [4.78, 5) is 20.4. The molecule has 2 aromatic carbocycles. The van der Waals surface area contributed by atoms with Crippen molar-refractivity contribution in [2.24, 2.45) is 5.10 Å². The van der Waals surface area contributed by atoms with Crippen LogP contribution in [0.25, 0.3) is 10.9 Å². The summed E-state index contributed by atoms with van der Waals surface area (Å²) in [6.07, 6.45) is 1.75. The van der Waals surface area contributed by atoms with Crippen LogP contribution in [-0.2, 0) is 10.2 Å². The van der Waals surface area contributed by atoms with Crippen LogP contribution in [0.5, 0.6) is 0 Å². The van der Waals surface area contributed by atoms with Crippen LogP contribution in [0.3, 0.4) is 0 Å². The number of morpholine rings is 1. The molecule has 1 aromatic heterocycles. The Labute approximate surface area is 190 Å². The highest BCUT2D eigenvalue weighted by atomic mass is 79.9. The third kappa shape index (κ3) is 4.57. The standard InChI is InChI=1S/C24H27BrN4O2/c1-16-13-19(28-9-11-31-12-10-28)7-5-17(16)15-26-29-22(30)20-14-18(25)6-8-21(20)27-23(29)24(2,3)4/h5-8,13-15H,9-12H2,1-4H3. The number of halogens is 1. The lowest BCUT2D eigenvalue weighted by Gasteiger charge is -2.29. The molecular weight excluding hydrogens is 456 g/mol. The van der Waals surface area contributed by atoms with E-state index in [2.05, 4.69) is 51.1 Å². The average Bonchev–Trinajstić information content (AvgIpc) is 2.74. The number of hydrogen-bond donors (Lipinski definition) is 0. The Kier molecular flexibility index (Phi) is 5.99. The number of ether oxygens (including phenoxy) is 1. The molecule has 0 spiro atoms. The summed E-state index contributed by atoms with van der Waals surface area (Å²) in [5.41, 5.74) is 3.42. The van der Waals surface area contributed by atoms with Gasteiger partial charge in [-0.2, -0.15) is 9.78 Å². The average molecular weight is 483 g/mol. The fraction of sp³-hybridized carbons (Fsp3) is 0.375. The normalized spacial score (nSPS) is 15.2. The molecule has 1 aliphatic heterocycles. The SMILES string of the molecule is Cc1cc(N2CCOCC2)ccc1C=Nn1c(C(C)(C)C)nc2ccc(Br)cc2c1=O. The zero-order valence-corrected chi connectivity index (χ0v) is 19.9. The number of anilines is 1. The first kappa shape index (κ1) is 21.7. The second-order valence-electron chi connectivity index (χ2n) is 8.85. The van der Waals surface area contributed by atoms with Crippen molar-refractivity contribution in [2.75, 3.05) is 31.2 Å². The van der Waals surface area contributed by atoms with E-state index < -0.39 is 0 Å². The van der Waals surface area contributed by atoms with Gasteiger partial charge in [0.25, 0.3) is 5.56 Å². The van der Waals surface area contributed by atoms with Crippen LogP contribution in [0.2, 0.25) is 0 Å². The van der Waals surface area contributed by atoms with E-state index in [0.29, 0.717) is 16.7 Å². The minimum atomic E-state index is -0.340. The molecule has 0 unspecified atom stereocenters. The Bertz CT molecular complexity index is 1200. The smallest absolute Gasteiger partial charge is 0.282 e. The highest BCUT2D eigenvalue weighted by Crippen LogP contribution is 2.23. The largest absolute Gasteiger partial charge is 0.378 e. The monoisotopic (exact) mass is 482 g/mol. The lowest BCUT2D eigenvalue weighted by Crippen LogP contribution is -2.36. The van der Waals surface area contributed by atoms with Crippen LogP contribution in [0, 0.1) is 6.92 Å². The van der Waals surface area contributed by atoms with Crippen LogP contribution in [0.4, 0.5) is 5.69 Å². The molecule has 0 aliphatic carbocycles. The van der Waals surface area contributed by atoms with Crippen molar-refractivity contribution in [2.45, 2.75) is 33.1 Å². The van der Waals surface area contributed by atoms with E-state index >= 15 is 0 Å². The molecule has 0 saturated carbocycles. The van der Waals surface area contributed by atoms with Gasteiger partial charge in [0.2, 0.25) is 0 Å². The lowest BCUT2D eigenvalue weighted by atomic mass is 9.95. The second-order valence-corrected chi connectivity index (χ2v) is 9.76. The van der Waals surface area contributed by atoms with Gasteiger partial charge >= 0.3 is 0 Å². The quantitative estimate of drug-likeness (QED) is 0.516. The van der Waals surface area contributed by atoms with E-state index in [1.165, 1.54) is 10.4 Å². The van der Waals surface area contributed by atoms with Gasteiger partial charge in [-0.05, 0) is 48.4 Å². The summed E-state index contributed by atoms with van der Waals surface area (Å²) in [6.45, 7) is 11.5. The summed E-state index contributed by atoms with van der Waals surface area (Å²) >= 11 is 3.45. The zero-order valence-electron chi connectivity index (χ0n) is 18.4. The van der Waals surface area contributed by atoms with Gasteiger partial charge in [-0.1, -0.05) is 42.8 Å². The van der Waals surface area contributed by atoms with Crippen molar-refractivity contribution >= 4 is 38.7 Å². The van der Waals surface area contributed by atoms with E-state index in [4.69, 9.17) is 9.72 Å². The third-order valence-corrected chi connectivity index (χ3v) is 5.91. The fourth-order valence-electron chi connectivity index (χ4n) is 3.68. The molecule has 0 N–H and O–H groups in total. The number of fused-ring (bicyclic) bond motifs is 1. The first-order chi connectivity index (χ1) is 14.7. The Morgan fingerprint density at radius 2 is 1.87 bits per heavy atom. The van der Waals surface area contributed by atoms with Crippen molar-refractivity contribution in [1.82, 2.24) is 9.66 Å². The fourth-order valence-corrected chi connectivity index (χ4v) is 4.05. The van der Waals surface area contributed by atoms with Gasteiger partial charge in [-0.25, -0.2) is 4.98 Å². The summed E-state index contributed by atoms with van der Waals surface area (Å²) in [6, 6.07) is 11.9. The number of nitrogens with zero attached hydrogens (tertiary/aromatic N) is 4. The Hall–Kier alpha value is -2.51. The summed E-state index contributed by atoms with van der Waals surface area (Å²) in [5.74, 6) is 0.631. The highest BCUT2D eigenvalue weighted by Gasteiger charge is 2.23. The number of aryl methyl sites for hydroxylation is 1.